The second-order valence-electron chi connectivity index (χ2n) is 3.80. The second kappa shape index (κ2) is 17.5. The van der Waals surface area contributed by atoms with Gasteiger partial charge in [0, 0.05) is 17.7 Å². The Labute approximate surface area is 151 Å². The summed E-state index contributed by atoms with van der Waals surface area (Å²) in [5.41, 5.74) is 6.93. The zero-order valence-corrected chi connectivity index (χ0v) is 15.5. The van der Waals surface area contributed by atoms with Crippen LogP contribution >= 0.6 is 0 Å². The molecule has 1 atom stereocenters. The molecule has 11 heteroatoms. The Kier molecular flexibility index (Phi) is 27.1. The summed E-state index contributed by atoms with van der Waals surface area (Å²) >= 11 is 0. The molecular formula is C10H23Cl2N6O2Pt+3. The molecule has 1 aliphatic rings. The van der Waals surface area contributed by atoms with Crippen molar-refractivity contribution in [2.24, 2.45) is 5.34 Å². The van der Waals surface area contributed by atoms with Crippen LogP contribution in [0.1, 0.15) is 24.4 Å². The molecule has 1 aromatic heterocycles. The van der Waals surface area contributed by atoms with Crippen LogP contribution in [-0.2, 0) is 21.1 Å². The summed E-state index contributed by atoms with van der Waals surface area (Å²) in [4.78, 5) is 13.5. The van der Waals surface area contributed by atoms with Gasteiger partial charge in [0.25, 0.3) is 5.82 Å². The van der Waals surface area contributed by atoms with E-state index in [9.17, 15) is 0 Å². The number of nitrogen functional groups attached to an aromatic ring is 1. The molecule has 8 nitrogen and oxygen atoms in total. The predicted octanol–water partition coefficient (Wildman–Crippen LogP) is -4.68. The first-order chi connectivity index (χ1) is 7.69. The molecule has 1 fully saturated rings. The van der Waals surface area contributed by atoms with Gasteiger partial charge in [-0.25, -0.2) is 4.98 Å². The molecule has 1 saturated heterocycles. The van der Waals surface area contributed by atoms with Gasteiger partial charge in [0.2, 0.25) is 0 Å². The number of hydrogen-bond donors (Lipinski definition) is 4. The molecule has 1 aromatic rings. The Morgan fingerprint density at radius 2 is 1.90 bits per heavy atom. The molecule has 10 N–H and O–H groups in total. The molecule has 1 aliphatic heterocycles. The fraction of sp³-hybridized carbons (Fsp3) is 0.500. The van der Waals surface area contributed by atoms with Gasteiger partial charge in [0.15, 0.2) is 5.34 Å². The van der Waals surface area contributed by atoms with E-state index >= 15 is 0 Å². The molecule has 126 valence electrons. The molecule has 0 unspecified atom stereocenters. The van der Waals surface area contributed by atoms with Crippen LogP contribution in [0, 0.1) is 4.91 Å². The van der Waals surface area contributed by atoms with Crippen molar-refractivity contribution in [1.82, 2.24) is 17.2 Å². The number of likely N-dealkylation sites (tertiary alicyclic amines) is 1. The summed E-state index contributed by atoms with van der Waals surface area (Å²) < 4.78 is 0. The van der Waals surface area contributed by atoms with Gasteiger partial charge in [-0.15, -0.1) is 4.91 Å². The monoisotopic (exact) mass is 524 g/mol. The van der Waals surface area contributed by atoms with Crippen molar-refractivity contribution in [1.29, 1.82) is 0 Å². The minimum atomic E-state index is 0. The van der Waals surface area contributed by atoms with E-state index in [0.29, 0.717) is 6.04 Å². The van der Waals surface area contributed by atoms with Crippen LogP contribution in [0.15, 0.2) is 23.7 Å². The molecule has 2 heterocycles. The van der Waals surface area contributed by atoms with Gasteiger partial charge in [-0.1, -0.05) is 0 Å². The first kappa shape index (κ1) is 32.4. The number of anilines is 1. The van der Waals surface area contributed by atoms with Crippen LogP contribution in [0.3, 0.4) is 0 Å². The van der Waals surface area contributed by atoms with Crippen LogP contribution in [0.2, 0.25) is 0 Å². The molecule has 0 bridgehead atoms. The topological polar surface area (TPSA) is 163 Å². The number of nitrogens with two attached hydrogens (primary N) is 1. The number of pyridine rings is 1. The summed E-state index contributed by atoms with van der Waals surface area (Å²) in [6.45, 7) is 1.20. The standard InChI is InChI=1S/C10H15N3.2ClH.HNO2.2H3N.Pt/c1-13-6-2-3-9(13)8-4-5-10(11)12-7-8;;;2-1-3;;;/h4-5,7,9H,2-3,6H2,1H3,(H2,11,12);2*1H;(H,2,3);2*1H3;/q;;;;;;+4/p-1/t9-;;;;;;/m1....../s1. The quantitative estimate of drug-likeness (QED) is 0.213. The minimum Gasteiger partial charge on any atom is -1.00 e. The Morgan fingerprint density at radius 3 is 2.24 bits per heavy atom. The Hall–Kier alpha value is -0.502. The molecule has 0 amide bonds. The van der Waals surface area contributed by atoms with Crippen molar-refractivity contribution < 1.29 is 56.1 Å². The largest absolute Gasteiger partial charge is 4.00 e. The molecule has 21 heavy (non-hydrogen) atoms. The van der Waals surface area contributed by atoms with E-state index in [1.807, 2.05) is 12.3 Å². The molecule has 0 aliphatic carbocycles. The summed E-state index contributed by atoms with van der Waals surface area (Å²) in [5.74, 6) is 0.726. The second-order valence-corrected chi connectivity index (χ2v) is 3.80. The summed E-state index contributed by atoms with van der Waals surface area (Å²) in [6, 6.07) is 4.62. The number of aromatic amines is 1. The third kappa shape index (κ3) is 10.8. The molecule has 0 radical (unpaired) electrons. The summed E-state index contributed by atoms with van der Waals surface area (Å²) in [6.07, 6.45) is 4.57. The third-order valence-corrected chi connectivity index (χ3v) is 2.77. The fourth-order valence-electron chi connectivity index (χ4n) is 1.99. The number of aromatic nitrogens is 1. The van der Waals surface area contributed by atoms with Crippen LogP contribution in [0.5, 0.6) is 0 Å². The maximum Gasteiger partial charge on any atom is 4.00 e. The van der Waals surface area contributed by atoms with E-state index in [2.05, 4.69) is 23.0 Å². The van der Waals surface area contributed by atoms with Crippen molar-refractivity contribution in [3.8, 4) is 0 Å². The molecular weight excluding hydrogens is 502 g/mol. The van der Waals surface area contributed by atoms with Crippen LogP contribution < -0.4 is 47.8 Å². The minimum absolute atomic E-state index is 0. The number of H-pyrrole nitrogens is 1. The smallest absolute Gasteiger partial charge is 1.00 e. The van der Waals surface area contributed by atoms with Crippen LogP contribution in [-0.4, -0.2) is 23.7 Å². The number of halogens is 2. The van der Waals surface area contributed by atoms with Crippen molar-refractivity contribution in [3.63, 3.8) is 0 Å². The zero-order chi connectivity index (χ0) is 12.0. The van der Waals surface area contributed by atoms with Crippen molar-refractivity contribution in [2.45, 2.75) is 18.9 Å². The first-order valence-corrected chi connectivity index (χ1v) is 5.13. The molecule has 0 saturated carbocycles. The normalized spacial score (nSPS) is 15.2. The first-order valence-electron chi connectivity index (χ1n) is 5.13. The van der Waals surface area contributed by atoms with E-state index in [4.69, 9.17) is 15.8 Å². The van der Waals surface area contributed by atoms with E-state index in [-0.39, 0.29) is 58.2 Å². The number of rotatable bonds is 1. The number of nitrogens with one attached hydrogen (secondary N) is 1. The van der Waals surface area contributed by atoms with Crippen molar-refractivity contribution in [2.75, 3.05) is 19.3 Å². The average molecular weight is 525 g/mol. The van der Waals surface area contributed by atoms with E-state index < -0.39 is 0 Å². The van der Waals surface area contributed by atoms with Gasteiger partial charge in [0.1, 0.15) is 0 Å². The molecule has 0 aromatic carbocycles. The fourth-order valence-corrected chi connectivity index (χ4v) is 1.99. The summed E-state index contributed by atoms with van der Waals surface area (Å²) in [5, 5.41) is 7.89. The van der Waals surface area contributed by atoms with Crippen molar-refractivity contribution >= 4 is 5.82 Å². The Balaban J connectivity index is -0.0000000993. The molecule has 0 spiro atoms. The zero-order valence-electron chi connectivity index (χ0n) is 11.7. The maximum absolute atomic E-state index is 8.11. The number of hydrogen-bond acceptors (Lipinski definition) is 6. The van der Waals surface area contributed by atoms with Gasteiger partial charge < -0.3 is 42.3 Å². The average Bonchev–Trinajstić information content (AvgIpc) is 2.67. The van der Waals surface area contributed by atoms with Crippen LogP contribution in [0.4, 0.5) is 5.82 Å². The van der Waals surface area contributed by atoms with Crippen molar-refractivity contribution in [3.05, 3.63) is 28.8 Å². The van der Waals surface area contributed by atoms with E-state index in [1.165, 1.54) is 30.3 Å². The molecule has 2 rings (SSSR count). The SMILES string of the molecule is CN1CCC[C@@H]1c1ccc(N)[nH+]c1.N.N.O=NO.[Cl-].[Cl-].[Pt+4]. The predicted molar refractivity (Wildman–Crippen MR) is 69.6 cm³/mol. The van der Waals surface area contributed by atoms with E-state index in [1.54, 1.807) is 0 Å². The van der Waals surface area contributed by atoms with Gasteiger partial charge in [-0.3, -0.25) is 10.6 Å². The van der Waals surface area contributed by atoms with Crippen LogP contribution in [0.25, 0.3) is 0 Å². The Bertz CT molecular complexity index is 347. The van der Waals surface area contributed by atoms with E-state index in [0.717, 1.165) is 5.82 Å². The van der Waals surface area contributed by atoms with Gasteiger partial charge in [0.05, 0.1) is 6.20 Å². The summed E-state index contributed by atoms with van der Waals surface area (Å²) in [7, 11) is 2.17. The maximum atomic E-state index is 8.11. The Morgan fingerprint density at radius 1 is 1.38 bits per heavy atom. The van der Waals surface area contributed by atoms with Gasteiger partial charge in [-0.05, 0) is 32.5 Å². The number of nitrogens with zero attached hydrogens (tertiary/aromatic N) is 2. The van der Waals surface area contributed by atoms with Gasteiger partial charge >= 0.3 is 21.1 Å². The third-order valence-electron chi connectivity index (χ3n) is 2.77. The van der Waals surface area contributed by atoms with Gasteiger partial charge in [-0.2, -0.15) is 0 Å².